The first kappa shape index (κ1) is 14.1. The van der Waals surface area contributed by atoms with E-state index >= 15 is 0 Å². The quantitative estimate of drug-likeness (QED) is 0.926. The topological polar surface area (TPSA) is 28.2 Å². The summed E-state index contributed by atoms with van der Waals surface area (Å²) in [4.78, 5) is 7.07. The molecule has 1 N–H and O–H groups in total. The van der Waals surface area contributed by atoms with E-state index < -0.39 is 0 Å². The number of anilines is 2. The highest BCUT2D eigenvalue weighted by Crippen LogP contribution is 2.35. The summed E-state index contributed by atoms with van der Waals surface area (Å²) >= 11 is 0. The highest BCUT2D eigenvalue weighted by atomic mass is 15.2. The van der Waals surface area contributed by atoms with Gasteiger partial charge < -0.3 is 10.2 Å². The number of hydrogen-bond acceptors (Lipinski definition) is 3. The lowest BCUT2D eigenvalue weighted by Gasteiger charge is -2.36. The summed E-state index contributed by atoms with van der Waals surface area (Å²) in [6.07, 6.45) is 4.32. The maximum Gasteiger partial charge on any atom is 0.133 e. The molecule has 3 nitrogen and oxygen atoms in total. The lowest BCUT2D eigenvalue weighted by Crippen LogP contribution is -2.33. The van der Waals surface area contributed by atoms with Gasteiger partial charge >= 0.3 is 0 Å². The molecule has 3 rings (SSSR count). The number of fused-ring (bicyclic) bond motifs is 1. The van der Waals surface area contributed by atoms with Crippen molar-refractivity contribution in [1.82, 2.24) is 10.3 Å². The maximum absolute atomic E-state index is 4.71. The van der Waals surface area contributed by atoms with Crippen molar-refractivity contribution in [1.29, 1.82) is 0 Å². The van der Waals surface area contributed by atoms with Crippen LogP contribution in [0, 0.1) is 0 Å². The monoisotopic (exact) mass is 281 g/mol. The number of para-hydroxylation sites is 1. The number of hydrogen-bond donors (Lipinski definition) is 1. The number of benzene rings is 1. The Morgan fingerprint density at radius 3 is 2.76 bits per heavy atom. The zero-order chi connectivity index (χ0) is 14.8. The number of pyridine rings is 1. The minimum atomic E-state index is 0.331. The molecule has 0 amide bonds. The third-order valence-electron chi connectivity index (χ3n) is 4.47. The lowest BCUT2D eigenvalue weighted by atomic mass is 9.96. The molecule has 110 valence electrons. The van der Waals surface area contributed by atoms with E-state index in [4.69, 9.17) is 4.98 Å². The Kier molecular flexibility index (Phi) is 3.93. The first-order valence-corrected chi connectivity index (χ1v) is 7.71. The molecular weight excluding hydrogens is 258 g/mol. The van der Waals surface area contributed by atoms with Gasteiger partial charge in [0.15, 0.2) is 0 Å². The van der Waals surface area contributed by atoms with Crippen LogP contribution >= 0.6 is 0 Å². The molecule has 0 saturated heterocycles. The van der Waals surface area contributed by atoms with Crippen molar-refractivity contribution in [2.75, 3.05) is 11.9 Å². The molecule has 0 fully saturated rings. The molecule has 0 spiro atoms. The van der Waals surface area contributed by atoms with Gasteiger partial charge in [0.2, 0.25) is 0 Å². The van der Waals surface area contributed by atoms with Crippen molar-refractivity contribution >= 4 is 11.5 Å². The SMILES string of the molecule is CNC(C)c1ccc(N2c3ccccc3CCC2C)nc1. The molecule has 2 atom stereocenters. The van der Waals surface area contributed by atoms with Gasteiger partial charge in [-0.15, -0.1) is 0 Å². The van der Waals surface area contributed by atoms with Crippen molar-refractivity contribution in [3.63, 3.8) is 0 Å². The predicted molar refractivity (Wildman–Crippen MR) is 88.1 cm³/mol. The Hall–Kier alpha value is -1.87. The third kappa shape index (κ3) is 2.66. The fourth-order valence-electron chi connectivity index (χ4n) is 3.00. The summed E-state index contributed by atoms with van der Waals surface area (Å²) in [5.41, 5.74) is 3.95. The van der Waals surface area contributed by atoms with Gasteiger partial charge in [0.25, 0.3) is 0 Å². The molecule has 0 bridgehead atoms. The van der Waals surface area contributed by atoms with E-state index in [-0.39, 0.29) is 0 Å². The minimum absolute atomic E-state index is 0.331. The zero-order valence-corrected chi connectivity index (χ0v) is 13.0. The zero-order valence-electron chi connectivity index (χ0n) is 13.0. The predicted octanol–water partition coefficient (Wildman–Crippen LogP) is 3.83. The molecule has 1 aliphatic heterocycles. The molecule has 3 heteroatoms. The van der Waals surface area contributed by atoms with Crippen LogP contribution < -0.4 is 10.2 Å². The second-order valence-electron chi connectivity index (χ2n) is 5.85. The van der Waals surface area contributed by atoms with Gasteiger partial charge in [0.05, 0.1) is 0 Å². The lowest BCUT2D eigenvalue weighted by molar-refractivity contribution is 0.611. The van der Waals surface area contributed by atoms with Gasteiger partial charge in [-0.25, -0.2) is 4.98 Å². The Bertz CT molecular complexity index is 606. The van der Waals surface area contributed by atoms with Crippen LogP contribution in [-0.2, 0) is 6.42 Å². The Labute approximate surface area is 127 Å². The molecule has 1 aliphatic rings. The highest BCUT2D eigenvalue weighted by molar-refractivity contribution is 5.66. The Morgan fingerprint density at radius 2 is 2.05 bits per heavy atom. The third-order valence-corrected chi connectivity index (χ3v) is 4.47. The average molecular weight is 281 g/mol. The van der Waals surface area contributed by atoms with Gasteiger partial charge in [0, 0.05) is 24.0 Å². The van der Waals surface area contributed by atoms with Crippen molar-refractivity contribution in [2.45, 2.75) is 38.8 Å². The molecule has 0 radical (unpaired) electrons. The molecule has 2 unspecified atom stereocenters. The summed E-state index contributed by atoms with van der Waals surface area (Å²) < 4.78 is 0. The minimum Gasteiger partial charge on any atom is -0.323 e. The molecule has 0 aliphatic carbocycles. The maximum atomic E-state index is 4.71. The van der Waals surface area contributed by atoms with E-state index in [1.807, 2.05) is 13.2 Å². The van der Waals surface area contributed by atoms with Crippen molar-refractivity contribution in [3.8, 4) is 0 Å². The van der Waals surface area contributed by atoms with E-state index in [2.05, 4.69) is 60.5 Å². The highest BCUT2D eigenvalue weighted by Gasteiger charge is 2.24. The molecule has 2 aromatic rings. The first-order valence-electron chi connectivity index (χ1n) is 7.71. The van der Waals surface area contributed by atoms with E-state index in [9.17, 15) is 0 Å². The molecule has 21 heavy (non-hydrogen) atoms. The van der Waals surface area contributed by atoms with Gasteiger partial charge in [-0.05, 0) is 57.0 Å². The molecular formula is C18H23N3. The standard InChI is InChI=1S/C18H23N3/c1-13-8-9-15-6-4-5-7-17(15)21(13)18-11-10-16(12-20-18)14(2)19-3/h4-7,10-14,19H,8-9H2,1-3H3. The molecule has 1 aromatic heterocycles. The summed E-state index contributed by atoms with van der Waals surface area (Å²) in [5.74, 6) is 1.04. The van der Waals surface area contributed by atoms with E-state index in [0.29, 0.717) is 12.1 Å². The van der Waals surface area contributed by atoms with Crippen LogP contribution in [0.25, 0.3) is 0 Å². The number of rotatable bonds is 3. The van der Waals surface area contributed by atoms with E-state index in [1.165, 1.54) is 23.2 Å². The summed E-state index contributed by atoms with van der Waals surface area (Å²) in [6, 6.07) is 13.8. The second kappa shape index (κ2) is 5.86. The molecule has 1 aromatic carbocycles. The summed E-state index contributed by atoms with van der Waals surface area (Å²) in [5, 5.41) is 3.25. The Balaban J connectivity index is 1.96. The number of aromatic nitrogens is 1. The van der Waals surface area contributed by atoms with Crippen LogP contribution in [0.5, 0.6) is 0 Å². The fourth-order valence-corrected chi connectivity index (χ4v) is 3.00. The van der Waals surface area contributed by atoms with Crippen LogP contribution in [0.3, 0.4) is 0 Å². The number of aryl methyl sites for hydroxylation is 1. The molecule has 0 saturated carbocycles. The average Bonchev–Trinajstić information content (AvgIpc) is 2.54. The van der Waals surface area contributed by atoms with Crippen molar-refractivity contribution in [3.05, 3.63) is 53.7 Å². The van der Waals surface area contributed by atoms with Gasteiger partial charge in [-0.2, -0.15) is 0 Å². The summed E-state index contributed by atoms with van der Waals surface area (Å²) in [7, 11) is 1.97. The molecule has 2 heterocycles. The van der Waals surface area contributed by atoms with Gasteiger partial charge in [0.1, 0.15) is 5.82 Å². The first-order chi connectivity index (χ1) is 10.2. The smallest absolute Gasteiger partial charge is 0.133 e. The van der Waals surface area contributed by atoms with Crippen LogP contribution in [0.1, 0.15) is 37.4 Å². The van der Waals surface area contributed by atoms with Crippen molar-refractivity contribution < 1.29 is 0 Å². The van der Waals surface area contributed by atoms with Crippen molar-refractivity contribution in [2.24, 2.45) is 0 Å². The van der Waals surface area contributed by atoms with Gasteiger partial charge in [-0.3, -0.25) is 0 Å². The van der Waals surface area contributed by atoms with E-state index in [1.54, 1.807) is 0 Å². The fraction of sp³-hybridized carbons (Fsp3) is 0.389. The largest absolute Gasteiger partial charge is 0.323 e. The van der Waals surface area contributed by atoms with Crippen LogP contribution in [-0.4, -0.2) is 18.1 Å². The van der Waals surface area contributed by atoms with Crippen LogP contribution in [0.4, 0.5) is 11.5 Å². The second-order valence-corrected chi connectivity index (χ2v) is 5.85. The van der Waals surface area contributed by atoms with Crippen LogP contribution in [0.2, 0.25) is 0 Å². The number of nitrogens with one attached hydrogen (secondary N) is 1. The van der Waals surface area contributed by atoms with E-state index in [0.717, 1.165) is 12.2 Å². The Morgan fingerprint density at radius 1 is 1.24 bits per heavy atom. The van der Waals surface area contributed by atoms with Gasteiger partial charge in [-0.1, -0.05) is 24.3 Å². The number of nitrogens with zero attached hydrogens (tertiary/aromatic N) is 2. The summed E-state index contributed by atoms with van der Waals surface area (Å²) in [6.45, 7) is 4.43. The van der Waals surface area contributed by atoms with Crippen LogP contribution in [0.15, 0.2) is 42.6 Å². The normalized spacial score (nSPS) is 19.2.